The first-order valence-corrected chi connectivity index (χ1v) is 8.18. The molecule has 0 saturated heterocycles. The van der Waals surface area contributed by atoms with E-state index >= 15 is 0 Å². The summed E-state index contributed by atoms with van der Waals surface area (Å²) in [6, 6.07) is 18.2. The van der Waals surface area contributed by atoms with Crippen molar-refractivity contribution in [2.24, 2.45) is 0 Å². The highest BCUT2D eigenvalue weighted by Gasteiger charge is 2.14. The average Bonchev–Trinajstić information content (AvgIpc) is 2.60. The predicted molar refractivity (Wildman–Crippen MR) is 97.3 cm³/mol. The number of ether oxygens (including phenoxy) is 1. The molecule has 0 aliphatic carbocycles. The Morgan fingerprint density at radius 2 is 1.71 bits per heavy atom. The molecule has 0 unspecified atom stereocenters. The molecule has 2 rings (SSSR count). The topological polar surface area (TPSA) is 41.6 Å². The Hall–Kier alpha value is -2.33. The monoisotopic (exact) mass is 326 g/mol. The Morgan fingerprint density at radius 3 is 2.29 bits per heavy atom. The summed E-state index contributed by atoms with van der Waals surface area (Å²) in [5.74, 6) is 0.842. The van der Waals surface area contributed by atoms with Gasteiger partial charge in [-0.1, -0.05) is 42.5 Å². The molecule has 0 spiro atoms. The Kier molecular flexibility index (Phi) is 6.82. The van der Waals surface area contributed by atoms with Gasteiger partial charge >= 0.3 is 0 Å². The molecule has 0 aromatic heterocycles. The van der Waals surface area contributed by atoms with Gasteiger partial charge in [-0.05, 0) is 43.8 Å². The number of benzene rings is 2. The maximum atomic E-state index is 12.2. The molecule has 0 saturated carbocycles. The zero-order valence-electron chi connectivity index (χ0n) is 14.7. The third-order valence-corrected chi connectivity index (χ3v) is 4.10. The molecule has 4 nitrogen and oxygen atoms in total. The Balaban J connectivity index is 1.85. The maximum absolute atomic E-state index is 12.2. The first-order chi connectivity index (χ1) is 11.6. The van der Waals surface area contributed by atoms with Crippen molar-refractivity contribution in [3.05, 3.63) is 65.7 Å². The molecule has 24 heavy (non-hydrogen) atoms. The summed E-state index contributed by atoms with van der Waals surface area (Å²) in [7, 11) is 5.72. The first-order valence-electron chi connectivity index (χ1n) is 8.18. The van der Waals surface area contributed by atoms with Crippen molar-refractivity contribution < 1.29 is 9.53 Å². The summed E-state index contributed by atoms with van der Waals surface area (Å²) >= 11 is 0. The number of hydrogen-bond acceptors (Lipinski definition) is 3. The Labute approximate surface area is 144 Å². The number of likely N-dealkylation sites (N-methyl/N-ethyl adjacent to an activating group) is 1. The van der Waals surface area contributed by atoms with Gasteiger partial charge in [0, 0.05) is 12.6 Å². The number of carbonyl (C=O) groups excluding carboxylic acids is 1. The number of amides is 1. The van der Waals surface area contributed by atoms with Crippen LogP contribution in [0.5, 0.6) is 5.75 Å². The Morgan fingerprint density at radius 1 is 1.04 bits per heavy atom. The minimum atomic E-state index is 0.0417. The van der Waals surface area contributed by atoms with Gasteiger partial charge in [-0.25, -0.2) is 0 Å². The van der Waals surface area contributed by atoms with Gasteiger partial charge in [0.1, 0.15) is 5.75 Å². The lowest BCUT2D eigenvalue weighted by molar-refractivity contribution is -0.120. The third-order valence-electron chi connectivity index (χ3n) is 4.10. The van der Waals surface area contributed by atoms with E-state index in [0.29, 0.717) is 13.0 Å². The largest absolute Gasteiger partial charge is 0.497 e. The molecule has 0 fully saturated rings. The van der Waals surface area contributed by atoms with Crippen molar-refractivity contribution in [3.63, 3.8) is 0 Å². The fourth-order valence-electron chi connectivity index (χ4n) is 2.55. The van der Waals surface area contributed by atoms with E-state index in [1.165, 1.54) is 5.56 Å². The molecule has 1 amide bonds. The van der Waals surface area contributed by atoms with Crippen LogP contribution in [0.25, 0.3) is 0 Å². The van der Waals surface area contributed by atoms with Crippen molar-refractivity contribution in [1.29, 1.82) is 0 Å². The van der Waals surface area contributed by atoms with Crippen LogP contribution in [0.2, 0.25) is 0 Å². The highest BCUT2D eigenvalue weighted by Crippen LogP contribution is 2.11. The molecular weight excluding hydrogens is 300 g/mol. The van der Waals surface area contributed by atoms with Crippen molar-refractivity contribution in [2.75, 3.05) is 27.7 Å². The van der Waals surface area contributed by atoms with Crippen LogP contribution in [0.1, 0.15) is 11.1 Å². The van der Waals surface area contributed by atoms with E-state index in [9.17, 15) is 4.79 Å². The van der Waals surface area contributed by atoms with Crippen LogP contribution in [0.3, 0.4) is 0 Å². The molecular formula is C20H26N2O2. The molecule has 128 valence electrons. The zero-order chi connectivity index (χ0) is 17.4. The fourth-order valence-corrected chi connectivity index (χ4v) is 2.55. The van der Waals surface area contributed by atoms with E-state index in [1.54, 1.807) is 7.11 Å². The SMILES string of the molecule is COc1ccc(CC(=O)NC[C@@H](Cc2ccccc2)N(C)C)cc1. The average molecular weight is 326 g/mol. The van der Waals surface area contributed by atoms with Crippen LogP contribution in [-0.4, -0.2) is 44.6 Å². The van der Waals surface area contributed by atoms with Crippen LogP contribution in [0.4, 0.5) is 0 Å². The smallest absolute Gasteiger partial charge is 0.224 e. The molecule has 0 radical (unpaired) electrons. The summed E-state index contributed by atoms with van der Waals surface area (Å²) in [5, 5.41) is 3.05. The van der Waals surface area contributed by atoms with Crippen LogP contribution in [-0.2, 0) is 17.6 Å². The lowest BCUT2D eigenvalue weighted by atomic mass is 10.0. The molecule has 0 aliphatic rings. The number of methoxy groups -OCH3 is 1. The Bertz CT molecular complexity index is 624. The van der Waals surface area contributed by atoms with Crippen LogP contribution < -0.4 is 10.1 Å². The molecule has 2 aromatic carbocycles. The third kappa shape index (κ3) is 5.70. The van der Waals surface area contributed by atoms with Gasteiger partial charge in [-0.15, -0.1) is 0 Å². The van der Waals surface area contributed by atoms with Gasteiger partial charge < -0.3 is 15.0 Å². The zero-order valence-corrected chi connectivity index (χ0v) is 14.7. The minimum Gasteiger partial charge on any atom is -0.497 e. The van der Waals surface area contributed by atoms with Crippen molar-refractivity contribution in [2.45, 2.75) is 18.9 Å². The summed E-state index contributed by atoms with van der Waals surface area (Å²) in [6.07, 6.45) is 1.30. The minimum absolute atomic E-state index is 0.0417. The van der Waals surface area contributed by atoms with Crippen molar-refractivity contribution in [1.82, 2.24) is 10.2 Å². The van der Waals surface area contributed by atoms with Crippen LogP contribution in [0.15, 0.2) is 54.6 Å². The molecule has 1 N–H and O–H groups in total. The van der Waals surface area contributed by atoms with E-state index in [0.717, 1.165) is 17.7 Å². The van der Waals surface area contributed by atoms with Gasteiger partial charge in [-0.2, -0.15) is 0 Å². The summed E-state index contributed by atoms with van der Waals surface area (Å²) < 4.78 is 5.13. The second kappa shape index (κ2) is 9.08. The number of rotatable bonds is 8. The standard InChI is InChI=1S/C20H26N2O2/c1-22(2)18(13-16-7-5-4-6-8-16)15-21-20(23)14-17-9-11-19(24-3)12-10-17/h4-12,18H,13-15H2,1-3H3,(H,21,23)/t18-/m1/s1. The van der Waals surface area contributed by atoms with Crippen LogP contribution in [0, 0.1) is 0 Å². The molecule has 2 aromatic rings. The molecule has 0 aliphatic heterocycles. The number of nitrogens with zero attached hydrogens (tertiary/aromatic N) is 1. The second-order valence-electron chi connectivity index (χ2n) is 6.14. The fraction of sp³-hybridized carbons (Fsp3) is 0.350. The molecule has 4 heteroatoms. The summed E-state index contributed by atoms with van der Waals surface area (Å²) in [5.41, 5.74) is 2.26. The number of nitrogens with one attached hydrogen (secondary N) is 1. The van der Waals surface area contributed by atoms with Gasteiger partial charge in [0.15, 0.2) is 0 Å². The highest BCUT2D eigenvalue weighted by atomic mass is 16.5. The lowest BCUT2D eigenvalue weighted by Crippen LogP contribution is -2.42. The highest BCUT2D eigenvalue weighted by molar-refractivity contribution is 5.78. The van der Waals surface area contributed by atoms with E-state index < -0.39 is 0 Å². The van der Waals surface area contributed by atoms with Gasteiger partial charge in [-0.3, -0.25) is 4.79 Å². The van der Waals surface area contributed by atoms with E-state index in [2.05, 4.69) is 22.3 Å². The predicted octanol–water partition coefficient (Wildman–Crippen LogP) is 2.53. The number of carbonyl (C=O) groups is 1. The molecule has 0 bridgehead atoms. The maximum Gasteiger partial charge on any atom is 0.224 e. The molecule has 1 atom stereocenters. The van der Waals surface area contributed by atoms with Crippen molar-refractivity contribution in [3.8, 4) is 5.75 Å². The van der Waals surface area contributed by atoms with E-state index in [4.69, 9.17) is 4.74 Å². The summed E-state index contributed by atoms with van der Waals surface area (Å²) in [4.78, 5) is 14.3. The van der Waals surface area contributed by atoms with Crippen molar-refractivity contribution >= 4 is 5.91 Å². The van der Waals surface area contributed by atoms with Crippen LogP contribution >= 0.6 is 0 Å². The van der Waals surface area contributed by atoms with Gasteiger partial charge in [0.05, 0.1) is 13.5 Å². The second-order valence-corrected chi connectivity index (χ2v) is 6.14. The molecule has 0 heterocycles. The van der Waals surface area contributed by atoms with Gasteiger partial charge in [0.2, 0.25) is 5.91 Å². The lowest BCUT2D eigenvalue weighted by Gasteiger charge is -2.24. The summed E-state index contributed by atoms with van der Waals surface area (Å²) in [6.45, 7) is 0.636. The quantitative estimate of drug-likeness (QED) is 0.810. The van der Waals surface area contributed by atoms with E-state index in [1.807, 2.05) is 56.6 Å². The first kappa shape index (κ1) is 18.0. The normalized spacial score (nSPS) is 12.0. The van der Waals surface area contributed by atoms with Gasteiger partial charge in [0.25, 0.3) is 0 Å². The number of hydrogen-bond donors (Lipinski definition) is 1. The van der Waals surface area contributed by atoms with E-state index in [-0.39, 0.29) is 11.9 Å².